The van der Waals surface area contributed by atoms with Crippen molar-refractivity contribution in [3.63, 3.8) is 0 Å². The molecule has 1 aromatic carbocycles. The first kappa shape index (κ1) is 19.9. The van der Waals surface area contributed by atoms with Crippen LogP contribution in [0.25, 0.3) is 6.08 Å². The van der Waals surface area contributed by atoms with Crippen LogP contribution in [0.5, 0.6) is 11.5 Å². The average Bonchev–Trinajstić information content (AvgIpc) is 3.27. The Morgan fingerprint density at radius 3 is 2.89 bits per heavy atom. The molecule has 3 rings (SSSR count). The Balaban J connectivity index is 1.79. The minimum absolute atomic E-state index is 0.0435. The zero-order chi connectivity index (χ0) is 20.1. The number of benzene rings is 1. The van der Waals surface area contributed by atoms with E-state index in [2.05, 4.69) is 9.98 Å². The first-order chi connectivity index (χ1) is 13.5. The van der Waals surface area contributed by atoms with Gasteiger partial charge < -0.3 is 14.6 Å². The second kappa shape index (κ2) is 8.89. The maximum atomic E-state index is 12.5. The number of carbonyl (C=O) groups is 2. The van der Waals surface area contributed by atoms with Gasteiger partial charge >= 0.3 is 5.97 Å². The van der Waals surface area contributed by atoms with Gasteiger partial charge in [-0.2, -0.15) is 4.99 Å². The number of aliphatic carboxylic acids is 1. The highest BCUT2D eigenvalue weighted by Gasteiger charge is 2.30. The summed E-state index contributed by atoms with van der Waals surface area (Å²) in [6.45, 7) is 0.0435. The number of ether oxygens (including phenoxy) is 2. The van der Waals surface area contributed by atoms with Crippen molar-refractivity contribution >= 4 is 51.4 Å². The molecule has 1 N–H and O–H groups in total. The van der Waals surface area contributed by atoms with Crippen LogP contribution in [0.2, 0.25) is 0 Å². The van der Waals surface area contributed by atoms with Crippen molar-refractivity contribution in [3.05, 3.63) is 40.2 Å². The zero-order valence-corrected chi connectivity index (χ0v) is 16.7. The summed E-state index contributed by atoms with van der Waals surface area (Å²) in [6.07, 6.45) is 3.31. The van der Waals surface area contributed by atoms with Crippen LogP contribution in [-0.2, 0) is 9.59 Å². The van der Waals surface area contributed by atoms with Gasteiger partial charge in [0.2, 0.25) is 5.13 Å². The highest BCUT2D eigenvalue weighted by Crippen LogP contribution is 2.35. The van der Waals surface area contributed by atoms with Crippen LogP contribution in [0.15, 0.2) is 39.7 Å². The fourth-order valence-electron chi connectivity index (χ4n) is 2.30. The van der Waals surface area contributed by atoms with E-state index in [9.17, 15) is 9.59 Å². The Bertz CT molecular complexity index is 941. The van der Waals surface area contributed by atoms with Crippen molar-refractivity contribution in [3.8, 4) is 11.5 Å². The molecule has 0 atom stereocenters. The molecule has 10 heteroatoms. The van der Waals surface area contributed by atoms with E-state index < -0.39 is 5.97 Å². The van der Waals surface area contributed by atoms with Crippen molar-refractivity contribution in [1.29, 1.82) is 0 Å². The molecule has 0 aliphatic carbocycles. The molecule has 2 aromatic rings. The highest BCUT2D eigenvalue weighted by atomic mass is 32.2. The number of carbonyl (C=O) groups excluding carboxylic acids is 1. The van der Waals surface area contributed by atoms with E-state index in [1.807, 2.05) is 5.38 Å². The molecular formula is C18H17N3O5S2. The van der Waals surface area contributed by atoms with Crippen LogP contribution in [0.4, 0.5) is 5.13 Å². The fourth-order valence-corrected chi connectivity index (χ4v) is 3.83. The molecule has 146 valence electrons. The summed E-state index contributed by atoms with van der Waals surface area (Å²) >= 11 is 2.67. The van der Waals surface area contributed by atoms with Gasteiger partial charge in [0.05, 0.1) is 25.0 Å². The van der Waals surface area contributed by atoms with Crippen molar-refractivity contribution in [1.82, 2.24) is 9.88 Å². The van der Waals surface area contributed by atoms with Crippen LogP contribution in [0, 0.1) is 0 Å². The van der Waals surface area contributed by atoms with E-state index in [-0.39, 0.29) is 18.9 Å². The fraction of sp³-hybridized carbons (Fsp3) is 0.222. The number of carboxylic acid groups (broad SMARTS) is 1. The number of hydrogen-bond acceptors (Lipinski definition) is 8. The van der Waals surface area contributed by atoms with Gasteiger partial charge in [0.1, 0.15) is 0 Å². The lowest BCUT2D eigenvalue weighted by atomic mass is 10.2. The second-order valence-electron chi connectivity index (χ2n) is 5.59. The highest BCUT2D eigenvalue weighted by molar-refractivity contribution is 8.18. The summed E-state index contributed by atoms with van der Waals surface area (Å²) in [4.78, 5) is 33.6. The van der Waals surface area contributed by atoms with Gasteiger partial charge in [-0.1, -0.05) is 6.07 Å². The molecule has 2 heterocycles. The molecule has 0 unspecified atom stereocenters. The number of rotatable bonds is 7. The van der Waals surface area contributed by atoms with Gasteiger partial charge in [-0.05, 0) is 35.5 Å². The van der Waals surface area contributed by atoms with Crippen LogP contribution in [0.3, 0.4) is 0 Å². The predicted octanol–water partition coefficient (Wildman–Crippen LogP) is 3.24. The third-order valence-corrected chi connectivity index (χ3v) is 5.40. The summed E-state index contributed by atoms with van der Waals surface area (Å²) in [7, 11) is 3.17. The number of thiazole rings is 1. The first-order valence-electron chi connectivity index (χ1n) is 8.16. The first-order valence-corrected chi connectivity index (χ1v) is 9.86. The molecule has 0 radical (unpaired) electrons. The molecule has 1 aromatic heterocycles. The van der Waals surface area contributed by atoms with Gasteiger partial charge in [0, 0.05) is 18.6 Å². The molecule has 1 amide bonds. The number of hydrogen-bond donors (Lipinski definition) is 1. The van der Waals surface area contributed by atoms with E-state index in [4.69, 9.17) is 14.6 Å². The Labute approximate surface area is 169 Å². The number of aromatic nitrogens is 1. The van der Waals surface area contributed by atoms with Crippen LogP contribution in [-0.4, -0.2) is 52.8 Å². The van der Waals surface area contributed by atoms with Crippen molar-refractivity contribution in [2.24, 2.45) is 4.99 Å². The van der Waals surface area contributed by atoms with E-state index >= 15 is 0 Å². The Morgan fingerprint density at radius 2 is 2.21 bits per heavy atom. The predicted molar refractivity (Wildman–Crippen MR) is 108 cm³/mol. The summed E-state index contributed by atoms with van der Waals surface area (Å²) in [5.74, 6) is -0.183. The van der Waals surface area contributed by atoms with Crippen molar-refractivity contribution in [2.45, 2.75) is 6.42 Å². The molecule has 1 aliphatic heterocycles. The lowest BCUT2D eigenvalue weighted by Crippen LogP contribution is -2.23. The van der Waals surface area contributed by atoms with E-state index in [0.29, 0.717) is 26.7 Å². The molecular weight excluding hydrogens is 402 g/mol. The molecule has 8 nitrogen and oxygen atoms in total. The number of nitrogens with zero attached hydrogens (tertiary/aromatic N) is 3. The molecule has 0 saturated carbocycles. The van der Waals surface area contributed by atoms with Crippen LogP contribution in [0.1, 0.15) is 12.0 Å². The smallest absolute Gasteiger partial charge is 0.306 e. The monoisotopic (exact) mass is 419 g/mol. The number of amidine groups is 1. The molecule has 0 bridgehead atoms. The summed E-state index contributed by atoms with van der Waals surface area (Å²) in [6, 6.07) is 5.19. The molecule has 1 aliphatic rings. The average molecular weight is 419 g/mol. The van der Waals surface area contributed by atoms with Crippen LogP contribution < -0.4 is 9.47 Å². The van der Waals surface area contributed by atoms with Gasteiger partial charge in [0.15, 0.2) is 16.7 Å². The lowest BCUT2D eigenvalue weighted by Gasteiger charge is -2.10. The van der Waals surface area contributed by atoms with E-state index in [1.54, 1.807) is 37.5 Å². The Hall–Kier alpha value is -2.85. The quantitative estimate of drug-likeness (QED) is 0.688. The molecule has 0 spiro atoms. The number of amides is 1. The van der Waals surface area contributed by atoms with E-state index in [1.165, 1.54) is 35.1 Å². The number of likely N-dealkylation sites (N-methyl/N-ethyl adjacent to an activating group) is 1. The third-order valence-electron chi connectivity index (χ3n) is 3.67. The molecule has 1 fully saturated rings. The van der Waals surface area contributed by atoms with E-state index in [0.717, 1.165) is 5.56 Å². The standard InChI is InChI=1S/C18H17N3O5S2/c1-21-16(24)14(28-18(21)20-17-19-6-8-27-17)10-11-3-4-12(13(9-11)25-2)26-7-5-15(22)23/h3-4,6,8-10H,5,7H2,1-2H3,(H,22,23)/b14-10+,20-18+. The Kier molecular flexibility index (Phi) is 6.32. The maximum absolute atomic E-state index is 12.5. The van der Waals surface area contributed by atoms with Crippen molar-refractivity contribution < 1.29 is 24.2 Å². The van der Waals surface area contributed by atoms with Crippen LogP contribution >= 0.6 is 23.1 Å². The van der Waals surface area contributed by atoms with Gasteiger partial charge in [0.25, 0.3) is 5.91 Å². The zero-order valence-electron chi connectivity index (χ0n) is 15.1. The number of thioether (sulfide) groups is 1. The summed E-state index contributed by atoms with van der Waals surface area (Å²) < 4.78 is 10.8. The largest absolute Gasteiger partial charge is 0.493 e. The maximum Gasteiger partial charge on any atom is 0.306 e. The number of aliphatic imine (C=N–C) groups is 1. The summed E-state index contributed by atoms with van der Waals surface area (Å²) in [5.41, 5.74) is 0.752. The Morgan fingerprint density at radius 1 is 1.39 bits per heavy atom. The summed E-state index contributed by atoms with van der Waals surface area (Å²) in [5, 5.41) is 11.7. The molecule has 1 saturated heterocycles. The number of methoxy groups -OCH3 is 1. The SMILES string of the molecule is COc1cc(/C=C2/S/C(=N/c3nccs3)N(C)C2=O)ccc1OCCC(=O)O. The molecule has 28 heavy (non-hydrogen) atoms. The normalized spacial score (nSPS) is 16.8. The van der Waals surface area contributed by atoms with Gasteiger partial charge in [-0.3, -0.25) is 14.5 Å². The number of carboxylic acids is 1. The van der Waals surface area contributed by atoms with Gasteiger partial charge in [-0.15, -0.1) is 11.3 Å². The second-order valence-corrected chi connectivity index (χ2v) is 7.47. The minimum atomic E-state index is -0.934. The lowest BCUT2D eigenvalue weighted by molar-refractivity contribution is -0.137. The topological polar surface area (TPSA) is 101 Å². The van der Waals surface area contributed by atoms with Crippen molar-refractivity contribution in [2.75, 3.05) is 20.8 Å². The third kappa shape index (κ3) is 4.70. The minimum Gasteiger partial charge on any atom is -0.493 e. The van der Waals surface area contributed by atoms with Gasteiger partial charge in [-0.25, -0.2) is 4.98 Å².